The molecule has 0 aliphatic rings. The molecule has 7 heteroatoms. The van der Waals surface area contributed by atoms with Gasteiger partial charge in [-0.3, -0.25) is 0 Å². The number of rotatable bonds is 4. The van der Waals surface area contributed by atoms with E-state index in [0.29, 0.717) is 16.7 Å². The van der Waals surface area contributed by atoms with Gasteiger partial charge in [-0.2, -0.15) is 0 Å². The van der Waals surface area contributed by atoms with Gasteiger partial charge in [0.1, 0.15) is 5.76 Å². The molecule has 0 aromatic carbocycles. The van der Waals surface area contributed by atoms with Crippen molar-refractivity contribution in [1.82, 2.24) is 15.1 Å². The van der Waals surface area contributed by atoms with Gasteiger partial charge in [-0.1, -0.05) is 16.8 Å². The standard InChI is InChI=1S/C16H15ClN4O2/c1-9-15(10(2)23-21-9)11-6-13(16(17)19-7-11)20-12-4-5-14(22-3)18-8-12/h4-8,20H,1-3H3. The quantitative estimate of drug-likeness (QED) is 0.724. The van der Waals surface area contributed by atoms with Gasteiger partial charge in [0.2, 0.25) is 5.88 Å². The average Bonchev–Trinajstić information content (AvgIpc) is 2.89. The van der Waals surface area contributed by atoms with E-state index in [4.69, 9.17) is 20.9 Å². The summed E-state index contributed by atoms with van der Waals surface area (Å²) in [4.78, 5) is 8.39. The van der Waals surface area contributed by atoms with E-state index in [1.165, 1.54) is 0 Å². The summed E-state index contributed by atoms with van der Waals surface area (Å²) in [5.41, 5.74) is 4.07. The maximum atomic E-state index is 6.19. The molecule has 0 spiro atoms. The van der Waals surface area contributed by atoms with E-state index < -0.39 is 0 Å². The molecule has 0 saturated heterocycles. The van der Waals surface area contributed by atoms with E-state index in [1.54, 1.807) is 25.6 Å². The molecular weight excluding hydrogens is 316 g/mol. The second-order valence-electron chi connectivity index (χ2n) is 4.98. The molecule has 0 amide bonds. The van der Waals surface area contributed by atoms with E-state index >= 15 is 0 Å². The van der Waals surface area contributed by atoms with Gasteiger partial charge < -0.3 is 14.6 Å². The summed E-state index contributed by atoms with van der Waals surface area (Å²) in [5.74, 6) is 1.29. The monoisotopic (exact) mass is 330 g/mol. The molecule has 6 nitrogen and oxygen atoms in total. The first-order valence-electron chi connectivity index (χ1n) is 6.94. The Hall–Kier alpha value is -2.60. The molecule has 0 aliphatic heterocycles. The highest BCUT2D eigenvalue weighted by molar-refractivity contribution is 6.32. The predicted molar refractivity (Wildman–Crippen MR) is 88.3 cm³/mol. The Morgan fingerprint density at radius 2 is 2.00 bits per heavy atom. The van der Waals surface area contributed by atoms with Gasteiger partial charge in [-0.15, -0.1) is 0 Å². The highest BCUT2D eigenvalue weighted by atomic mass is 35.5. The largest absolute Gasteiger partial charge is 0.481 e. The number of nitrogens with one attached hydrogen (secondary N) is 1. The molecular formula is C16H15ClN4O2. The molecule has 3 heterocycles. The van der Waals surface area contributed by atoms with Crippen molar-refractivity contribution in [2.45, 2.75) is 13.8 Å². The lowest BCUT2D eigenvalue weighted by Crippen LogP contribution is -1.96. The molecule has 0 radical (unpaired) electrons. The number of hydrogen-bond donors (Lipinski definition) is 1. The zero-order chi connectivity index (χ0) is 16.4. The van der Waals surface area contributed by atoms with Gasteiger partial charge in [-0.05, 0) is 26.0 Å². The Morgan fingerprint density at radius 3 is 2.61 bits per heavy atom. The number of halogens is 1. The van der Waals surface area contributed by atoms with Crippen molar-refractivity contribution in [1.29, 1.82) is 0 Å². The number of anilines is 2. The number of hydrogen-bond acceptors (Lipinski definition) is 6. The van der Waals surface area contributed by atoms with Crippen molar-refractivity contribution in [2.24, 2.45) is 0 Å². The fourth-order valence-electron chi connectivity index (χ4n) is 2.30. The van der Waals surface area contributed by atoms with Gasteiger partial charge in [0, 0.05) is 23.4 Å². The molecule has 23 heavy (non-hydrogen) atoms. The molecule has 0 fully saturated rings. The van der Waals surface area contributed by atoms with Crippen LogP contribution in [0.15, 0.2) is 35.1 Å². The second-order valence-corrected chi connectivity index (χ2v) is 5.33. The van der Waals surface area contributed by atoms with Gasteiger partial charge in [0.25, 0.3) is 0 Å². The minimum atomic E-state index is 0.372. The van der Waals surface area contributed by atoms with Crippen LogP contribution >= 0.6 is 11.6 Å². The molecule has 3 aromatic rings. The van der Waals surface area contributed by atoms with Crippen molar-refractivity contribution < 1.29 is 9.26 Å². The lowest BCUT2D eigenvalue weighted by atomic mass is 10.1. The summed E-state index contributed by atoms with van der Waals surface area (Å²) >= 11 is 6.19. The van der Waals surface area contributed by atoms with Crippen LogP contribution in [0.25, 0.3) is 11.1 Å². The number of aromatic nitrogens is 3. The van der Waals surface area contributed by atoms with E-state index in [9.17, 15) is 0 Å². The zero-order valence-electron chi connectivity index (χ0n) is 12.9. The third kappa shape index (κ3) is 3.12. The maximum absolute atomic E-state index is 6.19. The minimum absolute atomic E-state index is 0.372. The number of methoxy groups -OCH3 is 1. The number of pyridine rings is 2. The topological polar surface area (TPSA) is 73.1 Å². The fourth-order valence-corrected chi connectivity index (χ4v) is 2.45. The van der Waals surface area contributed by atoms with Crippen LogP contribution in [-0.2, 0) is 0 Å². The molecule has 0 bridgehead atoms. The van der Waals surface area contributed by atoms with E-state index in [-0.39, 0.29) is 0 Å². The lowest BCUT2D eigenvalue weighted by Gasteiger charge is -2.10. The van der Waals surface area contributed by atoms with Crippen LogP contribution < -0.4 is 10.1 Å². The molecule has 0 aliphatic carbocycles. The van der Waals surface area contributed by atoms with Crippen molar-refractivity contribution in [3.8, 4) is 17.0 Å². The Balaban J connectivity index is 1.94. The smallest absolute Gasteiger partial charge is 0.213 e. The summed E-state index contributed by atoms with van der Waals surface area (Å²) in [5, 5.41) is 7.54. The number of ether oxygens (including phenoxy) is 1. The van der Waals surface area contributed by atoms with Crippen LogP contribution in [0.2, 0.25) is 5.15 Å². The molecule has 3 rings (SSSR count). The Bertz CT molecular complexity index is 811. The zero-order valence-corrected chi connectivity index (χ0v) is 13.7. The maximum Gasteiger partial charge on any atom is 0.213 e. The van der Waals surface area contributed by atoms with Crippen LogP contribution in [0.5, 0.6) is 5.88 Å². The SMILES string of the molecule is COc1ccc(Nc2cc(-c3c(C)noc3C)cnc2Cl)cn1. The van der Waals surface area contributed by atoms with Crippen molar-refractivity contribution in [2.75, 3.05) is 12.4 Å². The average molecular weight is 331 g/mol. The third-order valence-electron chi connectivity index (χ3n) is 3.39. The summed E-state index contributed by atoms with van der Waals surface area (Å²) < 4.78 is 10.3. The number of aryl methyl sites for hydroxylation is 2. The summed E-state index contributed by atoms with van der Waals surface area (Å²) in [6, 6.07) is 5.53. The van der Waals surface area contributed by atoms with Gasteiger partial charge in [0.15, 0.2) is 5.15 Å². The first-order chi connectivity index (χ1) is 11.1. The van der Waals surface area contributed by atoms with E-state index in [1.807, 2.05) is 26.0 Å². The fraction of sp³-hybridized carbons (Fsp3) is 0.188. The van der Waals surface area contributed by atoms with Crippen molar-refractivity contribution >= 4 is 23.0 Å². The molecule has 1 N–H and O–H groups in total. The Kier molecular flexibility index (Phi) is 4.16. The van der Waals surface area contributed by atoms with E-state index in [0.717, 1.165) is 28.3 Å². The molecule has 3 aromatic heterocycles. The lowest BCUT2D eigenvalue weighted by molar-refractivity contribution is 0.393. The van der Waals surface area contributed by atoms with Crippen LogP contribution in [0.1, 0.15) is 11.5 Å². The summed E-state index contributed by atoms with van der Waals surface area (Å²) in [7, 11) is 1.57. The Labute approximate surface area is 138 Å². The predicted octanol–water partition coefficient (Wildman–Crippen LogP) is 4.15. The van der Waals surface area contributed by atoms with Crippen LogP contribution in [-0.4, -0.2) is 22.2 Å². The van der Waals surface area contributed by atoms with Crippen molar-refractivity contribution in [3.05, 3.63) is 47.2 Å². The minimum Gasteiger partial charge on any atom is -0.481 e. The highest BCUT2D eigenvalue weighted by Gasteiger charge is 2.14. The van der Waals surface area contributed by atoms with Crippen LogP contribution in [0.3, 0.4) is 0 Å². The summed E-state index contributed by atoms with van der Waals surface area (Å²) in [6.45, 7) is 3.76. The highest BCUT2D eigenvalue weighted by Crippen LogP contribution is 2.32. The third-order valence-corrected chi connectivity index (χ3v) is 3.69. The van der Waals surface area contributed by atoms with Gasteiger partial charge >= 0.3 is 0 Å². The first-order valence-corrected chi connectivity index (χ1v) is 7.32. The number of nitrogens with zero attached hydrogens (tertiary/aromatic N) is 3. The molecule has 118 valence electrons. The Morgan fingerprint density at radius 1 is 1.17 bits per heavy atom. The van der Waals surface area contributed by atoms with Crippen molar-refractivity contribution in [3.63, 3.8) is 0 Å². The first kappa shape index (κ1) is 15.3. The molecule has 0 saturated carbocycles. The molecule has 0 atom stereocenters. The van der Waals surface area contributed by atoms with Crippen LogP contribution in [0, 0.1) is 13.8 Å². The molecule has 0 unspecified atom stereocenters. The van der Waals surface area contributed by atoms with Gasteiger partial charge in [-0.25, -0.2) is 9.97 Å². The summed E-state index contributed by atoms with van der Waals surface area (Å²) in [6.07, 6.45) is 3.37. The van der Waals surface area contributed by atoms with Crippen LogP contribution in [0.4, 0.5) is 11.4 Å². The second kappa shape index (κ2) is 6.26. The van der Waals surface area contributed by atoms with Gasteiger partial charge in [0.05, 0.1) is 30.4 Å². The normalized spacial score (nSPS) is 10.6. The van der Waals surface area contributed by atoms with E-state index in [2.05, 4.69) is 20.4 Å².